The van der Waals surface area contributed by atoms with Gasteiger partial charge in [-0.25, -0.2) is 0 Å². The third-order valence-corrected chi connectivity index (χ3v) is 2.84. The van der Waals surface area contributed by atoms with Gasteiger partial charge in [-0.15, -0.1) is 0 Å². The number of hydrogen-bond donors (Lipinski definition) is 0. The van der Waals surface area contributed by atoms with Crippen molar-refractivity contribution in [3.05, 3.63) is 66.5 Å². The Morgan fingerprint density at radius 2 is 1.09 bits per heavy atom. The van der Waals surface area contributed by atoms with Gasteiger partial charge in [-0.3, -0.25) is 0 Å². The van der Waals surface area contributed by atoms with Gasteiger partial charge in [0, 0.05) is 31.5 Å². The van der Waals surface area contributed by atoms with Gasteiger partial charge in [0.2, 0.25) is 0 Å². The van der Waals surface area contributed by atoms with Crippen molar-refractivity contribution in [1.29, 1.82) is 0 Å². The van der Waals surface area contributed by atoms with Gasteiger partial charge in [0.15, 0.2) is 17.9 Å². The normalized spacial score (nSPS) is 15.1. The monoisotopic (exact) mass is 343 g/mol. The number of aromatic nitrogens is 1. The molecular weight excluding hydrogens is 327 g/mol. The fourth-order valence-corrected chi connectivity index (χ4v) is 1.77. The van der Waals surface area contributed by atoms with Gasteiger partial charge >= 0.3 is 33.0 Å². The zero-order chi connectivity index (χ0) is 17.1. The van der Waals surface area contributed by atoms with Crippen molar-refractivity contribution >= 4 is 7.81 Å². The van der Waals surface area contributed by atoms with Gasteiger partial charge < -0.3 is 0 Å². The van der Waals surface area contributed by atoms with E-state index < -0.39 is 7.81 Å². The van der Waals surface area contributed by atoms with Crippen LogP contribution in [0.1, 0.15) is 19.4 Å². The molecule has 8 heteroatoms. The average molecular weight is 343 g/mol. The summed E-state index contributed by atoms with van der Waals surface area (Å²) in [5.41, 5.74) is 1.32. The summed E-state index contributed by atoms with van der Waals surface area (Å²) >= 11 is 0. The van der Waals surface area contributed by atoms with Crippen LogP contribution in [-0.4, -0.2) is 0 Å². The van der Waals surface area contributed by atoms with E-state index in [0.29, 0.717) is 0 Å². The predicted octanol–water partition coefficient (Wildman–Crippen LogP) is 6.14. The average Bonchev–Trinajstić information content (AvgIpc) is 2.37. The third kappa shape index (κ3) is 7.98. The SMILES string of the molecule is CC(C)(c1ccccc1)[n+]1ccccc1.F[P-](F)(F)(F)(F)F. The van der Waals surface area contributed by atoms with Crippen LogP contribution < -0.4 is 4.57 Å². The summed E-state index contributed by atoms with van der Waals surface area (Å²) < 4.78 is 61.4. The minimum absolute atomic E-state index is 0.00250. The molecule has 0 atom stereocenters. The molecule has 1 nitrogen and oxygen atoms in total. The Labute approximate surface area is 124 Å². The molecule has 1 aromatic carbocycles. The van der Waals surface area contributed by atoms with Gasteiger partial charge in [-0.1, -0.05) is 36.4 Å². The van der Waals surface area contributed by atoms with E-state index in [1.807, 2.05) is 6.07 Å². The molecule has 0 aliphatic carbocycles. The number of benzene rings is 1. The van der Waals surface area contributed by atoms with E-state index in [4.69, 9.17) is 0 Å². The van der Waals surface area contributed by atoms with Crippen LogP contribution in [0.5, 0.6) is 0 Å². The van der Waals surface area contributed by atoms with Crippen molar-refractivity contribution < 1.29 is 29.7 Å². The Morgan fingerprint density at radius 3 is 1.50 bits per heavy atom. The first kappa shape index (κ1) is 18.4. The number of nitrogens with zero attached hydrogens (tertiary/aromatic N) is 1. The third-order valence-electron chi connectivity index (χ3n) is 2.84. The van der Waals surface area contributed by atoms with Crippen LogP contribution in [0.15, 0.2) is 60.9 Å². The number of hydrogen-bond acceptors (Lipinski definition) is 0. The summed E-state index contributed by atoms with van der Waals surface area (Å²) in [6, 6.07) is 16.7. The van der Waals surface area contributed by atoms with Crippen LogP contribution in [0, 0.1) is 0 Å². The van der Waals surface area contributed by atoms with E-state index in [2.05, 4.69) is 73.3 Å². The molecule has 2 aromatic rings. The number of rotatable bonds is 2. The molecule has 0 unspecified atom stereocenters. The molecule has 22 heavy (non-hydrogen) atoms. The van der Waals surface area contributed by atoms with E-state index in [1.54, 1.807) is 0 Å². The second kappa shape index (κ2) is 5.23. The fraction of sp³-hybridized carbons (Fsp3) is 0.214. The van der Waals surface area contributed by atoms with E-state index >= 15 is 0 Å². The quantitative estimate of drug-likeness (QED) is 0.350. The van der Waals surface area contributed by atoms with Crippen LogP contribution in [0.3, 0.4) is 0 Å². The Balaban J connectivity index is 0.000000295. The maximum atomic E-state index is 9.87. The van der Waals surface area contributed by atoms with Crippen LogP contribution >= 0.6 is 7.81 Å². The van der Waals surface area contributed by atoms with Crippen LogP contribution in [0.4, 0.5) is 25.2 Å². The van der Waals surface area contributed by atoms with Crippen molar-refractivity contribution in [3.8, 4) is 0 Å². The van der Waals surface area contributed by atoms with Gasteiger partial charge in [0.05, 0.1) is 0 Å². The molecule has 124 valence electrons. The Kier molecular flexibility index (Phi) is 4.38. The number of pyridine rings is 1. The Morgan fingerprint density at radius 1 is 0.727 bits per heavy atom. The van der Waals surface area contributed by atoms with Crippen molar-refractivity contribution in [2.24, 2.45) is 0 Å². The molecule has 0 radical (unpaired) electrons. The fourth-order valence-electron chi connectivity index (χ4n) is 1.77. The first-order valence-electron chi connectivity index (χ1n) is 6.25. The molecule has 2 rings (SSSR count). The Bertz CT molecular complexity index is 555. The first-order chi connectivity index (χ1) is 9.66. The molecular formula is C14H16F6NP. The molecule has 0 saturated carbocycles. The minimum atomic E-state index is -10.7. The molecule has 1 aromatic heterocycles. The van der Waals surface area contributed by atoms with Crippen molar-refractivity contribution in [2.45, 2.75) is 19.4 Å². The summed E-state index contributed by atoms with van der Waals surface area (Å²) in [5, 5.41) is 0. The summed E-state index contributed by atoms with van der Waals surface area (Å²) in [6.45, 7) is 4.45. The second-order valence-electron chi connectivity index (χ2n) is 5.17. The molecule has 0 N–H and O–H groups in total. The summed E-state index contributed by atoms with van der Waals surface area (Å²) in [5.74, 6) is 0. The molecule has 0 aliphatic heterocycles. The molecule has 1 heterocycles. The number of halogens is 6. The van der Waals surface area contributed by atoms with Crippen molar-refractivity contribution in [3.63, 3.8) is 0 Å². The summed E-state index contributed by atoms with van der Waals surface area (Å²) in [6.07, 6.45) is 4.21. The standard InChI is InChI=1S/C14H16N.F6P/c1-14(2,13-9-5-3-6-10-13)15-11-7-4-8-12-15;1-7(2,3,4,5)6/h3-12H,1-2H3;/q+1;-1. The van der Waals surface area contributed by atoms with Crippen molar-refractivity contribution in [2.75, 3.05) is 0 Å². The zero-order valence-electron chi connectivity index (χ0n) is 11.9. The van der Waals surface area contributed by atoms with Crippen LogP contribution in [0.25, 0.3) is 0 Å². The maximum absolute atomic E-state index is 10.7. The molecule has 0 aliphatic rings. The second-order valence-corrected chi connectivity index (χ2v) is 7.08. The molecule has 0 amide bonds. The van der Waals surface area contributed by atoms with Gasteiger partial charge in [0.1, 0.15) is 0 Å². The summed E-state index contributed by atoms with van der Waals surface area (Å²) in [4.78, 5) is 0. The predicted molar refractivity (Wildman–Crippen MR) is 75.1 cm³/mol. The van der Waals surface area contributed by atoms with E-state index in [0.717, 1.165) is 0 Å². The van der Waals surface area contributed by atoms with E-state index in [9.17, 15) is 25.2 Å². The van der Waals surface area contributed by atoms with E-state index in [1.165, 1.54) is 5.56 Å². The molecule has 0 fully saturated rings. The molecule has 0 spiro atoms. The topological polar surface area (TPSA) is 3.88 Å². The molecule has 0 saturated heterocycles. The zero-order valence-corrected chi connectivity index (χ0v) is 12.8. The molecule has 0 bridgehead atoms. The van der Waals surface area contributed by atoms with Crippen LogP contribution in [0.2, 0.25) is 0 Å². The van der Waals surface area contributed by atoms with Crippen molar-refractivity contribution in [1.82, 2.24) is 0 Å². The first-order valence-corrected chi connectivity index (χ1v) is 8.28. The van der Waals surface area contributed by atoms with Gasteiger partial charge in [-0.2, -0.15) is 4.57 Å². The van der Waals surface area contributed by atoms with E-state index in [-0.39, 0.29) is 5.54 Å². The van der Waals surface area contributed by atoms with Crippen LogP contribution in [-0.2, 0) is 5.54 Å². The summed E-state index contributed by atoms with van der Waals surface area (Å²) in [7, 11) is -10.7. The van der Waals surface area contributed by atoms with Gasteiger partial charge in [-0.05, 0) is 0 Å². The van der Waals surface area contributed by atoms with Gasteiger partial charge in [0.25, 0.3) is 0 Å². The Hall–Kier alpha value is -1.62.